The lowest BCUT2D eigenvalue weighted by molar-refractivity contribution is -0.121. The lowest BCUT2D eigenvalue weighted by Gasteiger charge is -2.35. The number of piperidine rings is 1. The molecule has 2 atom stereocenters. The van der Waals surface area contributed by atoms with Crippen LogP contribution in [0, 0.1) is 5.92 Å². The van der Waals surface area contributed by atoms with Crippen molar-refractivity contribution in [2.24, 2.45) is 11.7 Å². The van der Waals surface area contributed by atoms with Crippen LogP contribution in [0.1, 0.15) is 60.8 Å². The van der Waals surface area contributed by atoms with Crippen LogP contribution in [-0.2, 0) is 22.4 Å². The fourth-order valence-electron chi connectivity index (χ4n) is 4.27. The van der Waals surface area contributed by atoms with Crippen molar-refractivity contribution in [3.8, 4) is 0 Å². The zero-order chi connectivity index (χ0) is 21.8. The second-order valence-electron chi connectivity index (χ2n) is 8.26. The number of carbonyl (C=O) groups is 3. The number of nitrogens with two attached hydrogens (primary N) is 1. The van der Waals surface area contributed by atoms with Crippen LogP contribution in [0.5, 0.6) is 0 Å². The van der Waals surface area contributed by atoms with Crippen molar-refractivity contribution >= 4 is 34.2 Å². The molecule has 0 radical (unpaired) electrons. The lowest BCUT2D eigenvalue weighted by Crippen LogP contribution is -2.51. The normalized spacial score (nSPS) is 20.8. The molecule has 3 rings (SSSR count). The van der Waals surface area contributed by atoms with Gasteiger partial charge in [-0.3, -0.25) is 9.69 Å². The second kappa shape index (κ2) is 9.78. The van der Waals surface area contributed by atoms with E-state index in [0.717, 1.165) is 37.7 Å². The molecular weight excluding hydrogens is 404 g/mol. The molecule has 1 fully saturated rings. The second-order valence-corrected chi connectivity index (χ2v) is 9.37. The highest BCUT2D eigenvalue weighted by Crippen LogP contribution is 2.40. The maximum atomic E-state index is 13.0. The number of nitrogens with one attached hydrogen (secondary N) is 2. The molecule has 2 heterocycles. The van der Waals surface area contributed by atoms with Gasteiger partial charge in [0.15, 0.2) is 0 Å². The summed E-state index contributed by atoms with van der Waals surface area (Å²) in [5.41, 5.74) is 6.77. The molecule has 1 aliphatic heterocycles. The first-order chi connectivity index (χ1) is 14.3. The number of nitrogens with zero attached hydrogens (tertiary/aromatic N) is 1. The maximum Gasteiger partial charge on any atom is 0.341 e. The summed E-state index contributed by atoms with van der Waals surface area (Å²) in [4.78, 5) is 39.9. The number of likely N-dealkylation sites (tertiary alicyclic amines) is 1. The highest BCUT2D eigenvalue weighted by atomic mass is 32.1. The van der Waals surface area contributed by atoms with Crippen LogP contribution in [0.4, 0.5) is 9.80 Å². The minimum Gasteiger partial charge on any atom is -0.462 e. The van der Waals surface area contributed by atoms with Crippen LogP contribution in [0.25, 0.3) is 0 Å². The molecule has 1 aromatic heterocycles. The van der Waals surface area contributed by atoms with Gasteiger partial charge in [-0.15, -0.1) is 11.3 Å². The fraction of sp³-hybridized carbons (Fsp3) is 0.667. The largest absolute Gasteiger partial charge is 0.462 e. The van der Waals surface area contributed by atoms with E-state index in [1.807, 2.05) is 6.92 Å². The van der Waals surface area contributed by atoms with Crippen LogP contribution in [0.3, 0.4) is 0 Å². The number of urea groups is 1. The maximum absolute atomic E-state index is 13.0. The summed E-state index contributed by atoms with van der Waals surface area (Å²) in [5.74, 6) is 0.0864. The first-order valence-corrected chi connectivity index (χ1v) is 11.5. The number of carbonyl (C=O) groups excluding carboxylic acids is 3. The van der Waals surface area contributed by atoms with Crippen LogP contribution in [-0.4, -0.2) is 54.6 Å². The number of esters is 1. The van der Waals surface area contributed by atoms with Crippen molar-refractivity contribution in [3.63, 3.8) is 0 Å². The fourth-order valence-corrected chi connectivity index (χ4v) is 5.67. The van der Waals surface area contributed by atoms with Crippen molar-refractivity contribution in [3.05, 3.63) is 16.0 Å². The van der Waals surface area contributed by atoms with Crippen LogP contribution < -0.4 is 16.4 Å². The van der Waals surface area contributed by atoms with Gasteiger partial charge in [0.05, 0.1) is 18.2 Å². The number of rotatable bonds is 6. The number of anilines is 1. The van der Waals surface area contributed by atoms with Crippen molar-refractivity contribution in [2.75, 3.05) is 25.0 Å². The predicted molar refractivity (Wildman–Crippen MR) is 117 cm³/mol. The highest BCUT2D eigenvalue weighted by Gasteiger charge is 2.31. The van der Waals surface area contributed by atoms with Crippen molar-refractivity contribution in [1.29, 1.82) is 0 Å². The molecule has 166 valence electrons. The smallest absolute Gasteiger partial charge is 0.341 e. The zero-order valence-corrected chi connectivity index (χ0v) is 18.8. The Kier molecular flexibility index (Phi) is 7.36. The van der Waals surface area contributed by atoms with E-state index in [1.165, 1.54) is 16.2 Å². The number of amides is 3. The molecule has 1 saturated heterocycles. The third-order valence-corrected chi connectivity index (χ3v) is 7.20. The van der Waals surface area contributed by atoms with Crippen LogP contribution in [0.15, 0.2) is 0 Å². The number of ether oxygens (including phenoxy) is 1. The van der Waals surface area contributed by atoms with Crippen LogP contribution >= 0.6 is 11.3 Å². The monoisotopic (exact) mass is 436 g/mol. The Morgan fingerprint density at radius 1 is 1.27 bits per heavy atom. The molecular formula is C21H32N4O4S. The Labute approximate surface area is 181 Å². The topological polar surface area (TPSA) is 114 Å². The molecule has 0 unspecified atom stereocenters. The Morgan fingerprint density at radius 3 is 2.60 bits per heavy atom. The quantitative estimate of drug-likeness (QED) is 0.593. The van der Waals surface area contributed by atoms with E-state index in [1.54, 1.807) is 6.92 Å². The lowest BCUT2D eigenvalue weighted by atomic mass is 9.88. The minimum atomic E-state index is -0.512. The Balaban J connectivity index is 1.70. The first-order valence-electron chi connectivity index (χ1n) is 10.7. The number of hydrogen-bond donors (Lipinski definition) is 3. The van der Waals surface area contributed by atoms with E-state index in [-0.39, 0.29) is 24.0 Å². The Morgan fingerprint density at radius 2 is 1.97 bits per heavy atom. The SMILES string of the molecule is CCOC(=O)c1c(NC(=O)[C@H](C)N2CCC(NC(N)=O)CC2)sc2c1CC[C@H](C)C2. The van der Waals surface area contributed by atoms with E-state index in [0.29, 0.717) is 36.2 Å². The summed E-state index contributed by atoms with van der Waals surface area (Å²) in [6.45, 7) is 7.57. The van der Waals surface area contributed by atoms with E-state index < -0.39 is 6.03 Å². The van der Waals surface area contributed by atoms with E-state index in [9.17, 15) is 14.4 Å². The number of hydrogen-bond acceptors (Lipinski definition) is 6. The van der Waals surface area contributed by atoms with Gasteiger partial charge in [-0.1, -0.05) is 6.92 Å². The predicted octanol–water partition coefficient (Wildman–Crippen LogP) is 2.51. The van der Waals surface area contributed by atoms with Gasteiger partial charge >= 0.3 is 12.0 Å². The van der Waals surface area contributed by atoms with Gasteiger partial charge in [0, 0.05) is 24.0 Å². The van der Waals surface area contributed by atoms with Crippen molar-refractivity contribution in [2.45, 2.75) is 65.0 Å². The molecule has 30 heavy (non-hydrogen) atoms. The zero-order valence-electron chi connectivity index (χ0n) is 18.0. The van der Waals surface area contributed by atoms with Gasteiger partial charge in [0.25, 0.3) is 0 Å². The van der Waals surface area contributed by atoms with Gasteiger partial charge in [-0.2, -0.15) is 0 Å². The number of fused-ring (bicyclic) bond motifs is 1. The van der Waals surface area contributed by atoms with Gasteiger partial charge in [-0.25, -0.2) is 9.59 Å². The molecule has 4 N–H and O–H groups in total. The molecule has 0 saturated carbocycles. The molecule has 1 aromatic rings. The molecule has 3 amide bonds. The van der Waals surface area contributed by atoms with E-state index in [2.05, 4.69) is 22.5 Å². The molecule has 2 aliphatic rings. The summed E-state index contributed by atoms with van der Waals surface area (Å²) in [5, 5.41) is 6.35. The standard InChI is InChI=1S/C21H32N4O4S/c1-4-29-20(27)17-15-6-5-12(2)11-16(15)30-19(17)24-18(26)13(3)25-9-7-14(8-10-25)23-21(22)28/h12-14H,4-11H2,1-3H3,(H,24,26)(H3,22,23,28)/t12-,13-/m0/s1. The summed E-state index contributed by atoms with van der Waals surface area (Å²) in [6.07, 6.45) is 4.30. The molecule has 1 aliphatic carbocycles. The summed E-state index contributed by atoms with van der Waals surface area (Å²) in [7, 11) is 0. The Hall–Kier alpha value is -2.13. The van der Waals surface area contributed by atoms with E-state index >= 15 is 0 Å². The van der Waals surface area contributed by atoms with Gasteiger partial charge in [0.2, 0.25) is 5.91 Å². The molecule has 0 bridgehead atoms. The summed E-state index contributed by atoms with van der Waals surface area (Å²) < 4.78 is 5.28. The summed E-state index contributed by atoms with van der Waals surface area (Å²) in [6, 6.07) is -0.801. The number of primary amides is 1. The van der Waals surface area contributed by atoms with Crippen molar-refractivity contribution in [1.82, 2.24) is 10.2 Å². The average molecular weight is 437 g/mol. The van der Waals surface area contributed by atoms with Crippen molar-refractivity contribution < 1.29 is 19.1 Å². The van der Waals surface area contributed by atoms with Gasteiger partial charge < -0.3 is 21.1 Å². The molecule has 0 spiro atoms. The van der Waals surface area contributed by atoms with Gasteiger partial charge in [0.1, 0.15) is 5.00 Å². The van der Waals surface area contributed by atoms with Gasteiger partial charge in [-0.05, 0) is 57.4 Å². The average Bonchev–Trinajstić information content (AvgIpc) is 3.04. The minimum absolute atomic E-state index is 0.0513. The summed E-state index contributed by atoms with van der Waals surface area (Å²) >= 11 is 1.51. The third-order valence-electron chi connectivity index (χ3n) is 6.03. The third kappa shape index (κ3) is 5.13. The highest BCUT2D eigenvalue weighted by molar-refractivity contribution is 7.17. The van der Waals surface area contributed by atoms with Crippen LogP contribution in [0.2, 0.25) is 0 Å². The molecule has 8 nitrogen and oxygen atoms in total. The first kappa shape index (κ1) is 22.6. The Bertz CT molecular complexity index is 801. The molecule has 9 heteroatoms. The van der Waals surface area contributed by atoms with E-state index in [4.69, 9.17) is 10.5 Å². The number of thiophene rings is 1. The molecule has 0 aromatic carbocycles.